The van der Waals surface area contributed by atoms with Gasteiger partial charge in [-0.25, -0.2) is 0 Å². The molecule has 1 fully saturated rings. The van der Waals surface area contributed by atoms with E-state index in [9.17, 15) is 4.79 Å². The van der Waals surface area contributed by atoms with Crippen LogP contribution in [-0.2, 0) is 4.74 Å². The number of nitrogens with one attached hydrogen (secondary N) is 1. The molecule has 2 rings (SSSR count). The third-order valence-corrected chi connectivity index (χ3v) is 4.33. The average molecular weight is 282 g/mol. The number of rotatable bonds is 5. The Morgan fingerprint density at radius 3 is 2.74 bits per heavy atom. The van der Waals surface area contributed by atoms with Gasteiger partial charge in [-0.1, -0.05) is 18.0 Å². The second kappa shape index (κ2) is 5.93. The van der Waals surface area contributed by atoms with Gasteiger partial charge >= 0.3 is 0 Å². The first-order valence-electron chi connectivity index (χ1n) is 6.60. The average Bonchev–Trinajstić information content (AvgIpc) is 2.35. The van der Waals surface area contributed by atoms with Gasteiger partial charge in [-0.05, 0) is 43.5 Å². The van der Waals surface area contributed by atoms with Crippen LogP contribution in [0.2, 0.25) is 5.02 Å². The molecule has 3 nitrogen and oxygen atoms in total. The molecule has 0 heterocycles. The van der Waals surface area contributed by atoms with Crippen LogP contribution in [-0.4, -0.2) is 26.2 Å². The second-order valence-corrected chi connectivity index (χ2v) is 5.84. The molecule has 4 heteroatoms. The maximum absolute atomic E-state index is 12.1. The standard InChI is InChI=1S/C15H20ClNO2/c1-11-8-12(4-5-13(11)16)14(18)17-9-15(10-19-2)6-3-7-15/h4-5,8H,3,6-7,9-10H2,1-2H3,(H,17,18). The van der Waals surface area contributed by atoms with E-state index in [-0.39, 0.29) is 11.3 Å². The molecule has 1 aromatic rings. The molecule has 0 saturated heterocycles. The molecule has 1 aromatic carbocycles. The summed E-state index contributed by atoms with van der Waals surface area (Å²) in [4.78, 5) is 12.1. The number of benzene rings is 1. The summed E-state index contributed by atoms with van der Waals surface area (Å²) < 4.78 is 5.25. The first-order chi connectivity index (χ1) is 9.06. The van der Waals surface area contributed by atoms with Crippen LogP contribution in [0, 0.1) is 12.3 Å². The van der Waals surface area contributed by atoms with Crippen molar-refractivity contribution in [3.05, 3.63) is 34.3 Å². The van der Waals surface area contributed by atoms with E-state index >= 15 is 0 Å². The van der Waals surface area contributed by atoms with Crippen molar-refractivity contribution in [3.63, 3.8) is 0 Å². The van der Waals surface area contributed by atoms with Crippen molar-refractivity contribution in [1.29, 1.82) is 0 Å². The number of ether oxygens (including phenoxy) is 1. The van der Waals surface area contributed by atoms with Gasteiger partial charge in [0.25, 0.3) is 5.91 Å². The molecular weight excluding hydrogens is 262 g/mol. The monoisotopic (exact) mass is 281 g/mol. The Kier molecular flexibility index (Phi) is 4.48. The molecule has 104 valence electrons. The first kappa shape index (κ1) is 14.4. The van der Waals surface area contributed by atoms with Crippen LogP contribution in [0.3, 0.4) is 0 Å². The van der Waals surface area contributed by atoms with E-state index in [0.717, 1.165) is 18.4 Å². The molecule has 0 unspecified atom stereocenters. The van der Waals surface area contributed by atoms with Crippen LogP contribution < -0.4 is 5.32 Å². The molecule has 1 amide bonds. The molecule has 0 aromatic heterocycles. The van der Waals surface area contributed by atoms with Gasteiger partial charge in [0, 0.05) is 29.7 Å². The van der Waals surface area contributed by atoms with Crippen molar-refractivity contribution in [2.45, 2.75) is 26.2 Å². The van der Waals surface area contributed by atoms with Gasteiger partial charge in [-0.2, -0.15) is 0 Å². The van der Waals surface area contributed by atoms with E-state index < -0.39 is 0 Å². The first-order valence-corrected chi connectivity index (χ1v) is 6.97. The van der Waals surface area contributed by atoms with E-state index in [1.807, 2.05) is 13.0 Å². The van der Waals surface area contributed by atoms with E-state index in [1.165, 1.54) is 6.42 Å². The topological polar surface area (TPSA) is 38.3 Å². The Bertz CT molecular complexity index is 469. The van der Waals surface area contributed by atoms with Gasteiger partial charge in [0.15, 0.2) is 0 Å². The van der Waals surface area contributed by atoms with E-state index in [4.69, 9.17) is 16.3 Å². The van der Waals surface area contributed by atoms with E-state index in [0.29, 0.717) is 23.7 Å². The van der Waals surface area contributed by atoms with Crippen LogP contribution in [0.4, 0.5) is 0 Å². The summed E-state index contributed by atoms with van der Waals surface area (Å²) in [5.74, 6) is -0.0397. The number of halogens is 1. The predicted octanol–water partition coefficient (Wildman–Crippen LogP) is 3.19. The fraction of sp³-hybridized carbons (Fsp3) is 0.533. The lowest BCUT2D eigenvalue weighted by Gasteiger charge is -2.41. The number of aryl methyl sites for hydroxylation is 1. The number of hydrogen-bond donors (Lipinski definition) is 1. The third-order valence-electron chi connectivity index (χ3n) is 3.91. The van der Waals surface area contributed by atoms with Crippen molar-refractivity contribution in [1.82, 2.24) is 5.32 Å². The summed E-state index contributed by atoms with van der Waals surface area (Å²) >= 11 is 5.96. The zero-order valence-electron chi connectivity index (χ0n) is 11.5. The summed E-state index contributed by atoms with van der Waals surface area (Å²) in [5, 5.41) is 3.70. The fourth-order valence-corrected chi connectivity index (χ4v) is 2.63. The molecule has 1 saturated carbocycles. The molecule has 0 atom stereocenters. The van der Waals surface area contributed by atoms with Gasteiger partial charge in [-0.3, -0.25) is 4.79 Å². The normalized spacial score (nSPS) is 16.8. The highest BCUT2D eigenvalue weighted by Crippen LogP contribution is 2.40. The van der Waals surface area contributed by atoms with Gasteiger partial charge in [-0.15, -0.1) is 0 Å². The van der Waals surface area contributed by atoms with Crippen LogP contribution in [0.15, 0.2) is 18.2 Å². The molecular formula is C15H20ClNO2. The summed E-state index contributed by atoms with van der Waals surface area (Å²) in [6, 6.07) is 5.34. The van der Waals surface area contributed by atoms with Gasteiger partial charge in [0.05, 0.1) is 6.61 Å². The highest BCUT2D eigenvalue weighted by atomic mass is 35.5. The lowest BCUT2D eigenvalue weighted by molar-refractivity contribution is 0.0180. The van der Waals surface area contributed by atoms with E-state index in [2.05, 4.69) is 5.32 Å². The highest BCUT2D eigenvalue weighted by molar-refractivity contribution is 6.31. The zero-order chi connectivity index (χ0) is 13.9. The smallest absolute Gasteiger partial charge is 0.251 e. The summed E-state index contributed by atoms with van der Waals surface area (Å²) in [7, 11) is 1.71. The molecule has 0 spiro atoms. The van der Waals surface area contributed by atoms with E-state index in [1.54, 1.807) is 19.2 Å². The summed E-state index contributed by atoms with van der Waals surface area (Å²) in [6.45, 7) is 3.30. The predicted molar refractivity (Wildman–Crippen MR) is 76.7 cm³/mol. The van der Waals surface area contributed by atoms with Gasteiger partial charge in [0.2, 0.25) is 0 Å². The molecule has 0 aliphatic heterocycles. The Morgan fingerprint density at radius 1 is 1.47 bits per heavy atom. The van der Waals surface area contributed by atoms with Gasteiger partial charge < -0.3 is 10.1 Å². The van der Waals surface area contributed by atoms with Crippen molar-refractivity contribution in [3.8, 4) is 0 Å². The minimum absolute atomic E-state index is 0.0397. The Morgan fingerprint density at radius 2 is 2.21 bits per heavy atom. The maximum Gasteiger partial charge on any atom is 0.251 e. The minimum atomic E-state index is -0.0397. The van der Waals surface area contributed by atoms with Crippen LogP contribution >= 0.6 is 11.6 Å². The summed E-state index contributed by atoms with van der Waals surface area (Å²) in [5.41, 5.74) is 1.73. The molecule has 1 aliphatic carbocycles. The SMILES string of the molecule is COCC1(CNC(=O)c2ccc(Cl)c(C)c2)CCC1. The van der Waals surface area contributed by atoms with Gasteiger partial charge in [0.1, 0.15) is 0 Å². The molecule has 0 bridgehead atoms. The number of carbonyl (C=O) groups excluding carboxylic acids is 1. The lowest BCUT2D eigenvalue weighted by Crippen LogP contribution is -2.45. The maximum atomic E-state index is 12.1. The van der Waals surface area contributed by atoms with Crippen molar-refractivity contribution in [2.24, 2.45) is 5.41 Å². The third kappa shape index (κ3) is 3.28. The van der Waals surface area contributed by atoms with Crippen LogP contribution in [0.1, 0.15) is 35.2 Å². The van der Waals surface area contributed by atoms with Crippen molar-refractivity contribution in [2.75, 3.05) is 20.3 Å². The Balaban J connectivity index is 1.95. The van der Waals surface area contributed by atoms with Crippen LogP contribution in [0.5, 0.6) is 0 Å². The molecule has 1 aliphatic rings. The zero-order valence-corrected chi connectivity index (χ0v) is 12.2. The number of hydrogen-bond acceptors (Lipinski definition) is 2. The number of methoxy groups -OCH3 is 1. The Labute approximate surface area is 119 Å². The highest BCUT2D eigenvalue weighted by Gasteiger charge is 2.37. The quantitative estimate of drug-likeness (QED) is 0.900. The molecule has 19 heavy (non-hydrogen) atoms. The fourth-order valence-electron chi connectivity index (χ4n) is 2.51. The molecule has 1 N–H and O–H groups in total. The Hall–Kier alpha value is -1.06. The molecule has 0 radical (unpaired) electrons. The lowest BCUT2D eigenvalue weighted by atomic mass is 9.69. The minimum Gasteiger partial charge on any atom is -0.384 e. The van der Waals surface area contributed by atoms with Crippen molar-refractivity contribution >= 4 is 17.5 Å². The van der Waals surface area contributed by atoms with Crippen LogP contribution in [0.25, 0.3) is 0 Å². The second-order valence-electron chi connectivity index (χ2n) is 5.43. The largest absolute Gasteiger partial charge is 0.384 e. The number of amides is 1. The number of carbonyl (C=O) groups is 1. The van der Waals surface area contributed by atoms with Crippen molar-refractivity contribution < 1.29 is 9.53 Å². The summed E-state index contributed by atoms with van der Waals surface area (Å²) in [6.07, 6.45) is 3.47.